The van der Waals surface area contributed by atoms with Gasteiger partial charge in [-0.1, -0.05) is 17.3 Å². The minimum Gasteiger partial charge on any atom is -0.394 e. The lowest BCUT2D eigenvalue weighted by Crippen LogP contribution is -2.15. The van der Waals surface area contributed by atoms with Crippen molar-refractivity contribution in [3.63, 3.8) is 0 Å². The maximum atomic E-state index is 13.5. The van der Waals surface area contributed by atoms with E-state index < -0.39 is 6.10 Å². The van der Waals surface area contributed by atoms with Crippen LogP contribution in [0.1, 0.15) is 23.6 Å². The van der Waals surface area contributed by atoms with Crippen molar-refractivity contribution in [2.45, 2.75) is 25.2 Å². The molecule has 0 spiro atoms. The zero-order chi connectivity index (χ0) is 15.4. The van der Waals surface area contributed by atoms with Crippen LogP contribution in [0.2, 0.25) is 0 Å². The maximum Gasteiger partial charge on any atom is 0.239 e. The van der Waals surface area contributed by atoms with Crippen LogP contribution in [-0.4, -0.2) is 38.8 Å². The average molecular weight is 312 g/mol. The van der Waals surface area contributed by atoms with E-state index in [0.29, 0.717) is 28.6 Å². The summed E-state index contributed by atoms with van der Waals surface area (Å²) < 4.78 is 18.7. The Hall–Kier alpha value is -1.44. The average Bonchev–Trinajstić information content (AvgIpc) is 2.97. The molecule has 0 aliphatic carbocycles. The van der Waals surface area contributed by atoms with Gasteiger partial charge in [0.05, 0.1) is 18.0 Å². The summed E-state index contributed by atoms with van der Waals surface area (Å²) in [5.41, 5.74) is 1.12. The Bertz CT molecular complexity index is 606. The summed E-state index contributed by atoms with van der Waals surface area (Å²) in [5, 5.41) is 21.8. The number of aliphatic hydroxyl groups is 2. The van der Waals surface area contributed by atoms with Crippen LogP contribution in [0.4, 0.5) is 4.39 Å². The Morgan fingerprint density at radius 1 is 1.43 bits per heavy atom. The molecule has 2 rings (SSSR count). The van der Waals surface area contributed by atoms with Crippen molar-refractivity contribution in [1.29, 1.82) is 0 Å². The number of aryl methyl sites for hydroxylation is 1. The standard InChI is InChI=1S/C14H17FN2O3S/c1-8-3-4-10(5-12(8)15)13-16-14(20-17-13)9(2)21-7-11(19)6-18/h3-5,9,11,18-19H,6-7H2,1-2H3/t9-,11-/m1/s1. The molecule has 0 unspecified atom stereocenters. The fraction of sp³-hybridized carbons (Fsp3) is 0.429. The van der Waals surface area contributed by atoms with Gasteiger partial charge in [0.2, 0.25) is 11.7 Å². The van der Waals surface area contributed by atoms with E-state index in [9.17, 15) is 9.50 Å². The Labute approximate surface area is 126 Å². The van der Waals surface area contributed by atoms with E-state index in [4.69, 9.17) is 9.63 Å². The smallest absolute Gasteiger partial charge is 0.239 e. The number of halogens is 1. The molecule has 1 aromatic carbocycles. The molecule has 2 atom stereocenters. The summed E-state index contributed by atoms with van der Waals surface area (Å²) >= 11 is 1.40. The van der Waals surface area contributed by atoms with Crippen molar-refractivity contribution in [2.24, 2.45) is 0 Å². The molecule has 2 aromatic rings. The predicted molar refractivity (Wildman–Crippen MR) is 78.4 cm³/mol. The van der Waals surface area contributed by atoms with Crippen LogP contribution in [0.5, 0.6) is 0 Å². The van der Waals surface area contributed by atoms with Gasteiger partial charge in [0.15, 0.2) is 0 Å². The number of thioether (sulfide) groups is 1. The van der Waals surface area contributed by atoms with Crippen LogP contribution in [0.3, 0.4) is 0 Å². The molecular weight excluding hydrogens is 295 g/mol. The van der Waals surface area contributed by atoms with E-state index in [1.54, 1.807) is 19.1 Å². The van der Waals surface area contributed by atoms with Crippen LogP contribution in [-0.2, 0) is 0 Å². The van der Waals surface area contributed by atoms with Crippen molar-refractivity contribution in [3.05, 3.63) is 35.5 Å². The van der Waals surface area contributed by atoms with Crippen molar-refractivity contribution in [3.8, 4) is 11.4 Å². The van der Waals surface area contributed by atoms with Gasteiger partial charge in [0, 0.05) is 11.3 Å². The van der Waals surface area contributed by atoms with Crippen LogP contribution in [0, 0.1) is 12.7 Å². The van der Waals surface area contributed by atoms with E-state index >= 15 is 0 Å². The zero-order valence-corrected chi connectivity index (χ0v) is 12.6. The SMILES string of the molecule is Cc1ccc(-c2noc([C@@H](C)SC[C@H](O)CO)n2)cc1F. The summed E-state index contributed by atoms with van der Waals surface area (Å²) in [6, 6.07) is 4.77. The molecule has 5 nitrogen and oxygen atoms in total. The largest absolute Gasteiger partial charge is 0.394 e. The van der Waals surface area contributed by atoms with Gasteiger partial charge in [-0.15, -0.1) is 11.8 Å². The molecule has 114 valence electrons. The molecule has 0 aliphatic heterocycles. The van der Waals surface area contributed by atoms with Crippen molar-refractivity contribution < 1.29 is 19.1 Å². The monoisotopic (exact) mass is 312 g/mol. The molecule has 7 heteroatoms. The molecule has 2 N–H and O–H groups in total. The number of benzene rings is 1. The first-order valence-corrected chi connectivity index (χ1v) is 7.56. The minimum absolute atomic E-state index is 0.122. The maximum absolute atomic E-state index is 13.5. The topological polar surface area (TPSA) is 79.4 Å². The fourth-order valence-corrected chi connectivity index (χ4v) is 2.48. The van der Waals surface area contributed by atoms with Crippen LogP contribution in [0.15, 0.2) is 22.7 Å². The highest BCUT2D eigenvalue weighted by atomic mass is 32.2. The Morgan fingerprint density at radius 2 is 2.19 bits per heavy atom. The molecule has 0 bridgehead atoms. The summed E-state index contributed by atoms with van der Waals surface area (Å²) in [7, 11) is 0. The first kappa shape index (κ1) is 15.9. The van der Waals surface area contributed by atoms with E-state index in [-0.39, 0.29) is 17.7 Å². The first-order valence-electron chi connectivity index (χ1n) is 6.52. The quantitative estimate of drug-likeness (QED) is 0.852. The van der Waals surface area contributed by atoms with E-state index in [2.05, 4.69) is 10.1 Å². The van der Waals surface area contributed by atoms with Gasteiger partial charge >= 0.3 is 0 Å². The highest BCUT2D eigenvalue weighted by Gasteiger charge is 2.17. The second-order valence-corrected chi connectivity index (χ2v) is 6.11. The number of aliphatic hydroxyl groups excluding tert-OH is 2. The molecule has 0 fully saturated rings. The number of rotatable bonds is 6. The summed E-state index contributed by atoms with van der Waals surface area (Å²) in [6.07, 6.45) is -0.772. The Morgan fingerprint density at radius 3 is 2.86 bits per heavy atom. The number of hydrogen-bond donors (Lipinski definition) is 2. The minimum atomic E-state index is -0.772. The van der Waals surface area contributed by atoms with Gasteiger partial charge in [0.25, 0.3) is 0 Å². The van der Waals surface area contributed by atoms with Crippen molar-refractivity contribution >= 4 is 11.8 Å². The number of aromatic nitrogens is 2. The van der Waals surface area contributed by atoms with Gasteiger partial charge in [-0.25, -0.2) is 4.39 Å². The van der Waals surface area contributed by atoms with Gasteiger partial charge in [-0.05, 0) is 25.5 Å². The van der Waals surface area contributed by atoms with Gasteiger partial charge in [0.1, 0.15) is 5.82 Å². The second-order valence-electron chi connectivity index (χ2n) is 4.73. The third-order valence-corrected chi connectivity index (χ3v) is 4.25. The second kappa shape index (κ2) is 7.02. The van der Waals surface area contributed by atoms with E-state index in [1.165, 1.54) is 17.8 Å². The van der Waals surface area contributed by atoms with Gasteiger partial charge in [-0.2, -0.15) is 4.98 Å². The summed E-state index contributed by atoms with van der Waals surface area (Å²) in [4.78, 5) is 4.25. The lowest BCUT2D eigenvalue weighted by molar-refractivity contribution is 0.113. The highest BCUT2D eigenvalue weighted by molar-refractivity contribution is 7.99. The Kier molecular flexibility index (Phi) is 5.33. The molecular formula is C14H17FN2O3S. The molecule has 0 amide bonds. The third-order valence-electron chi connectivity index (χ3n) is 2.97. The fourth-order valence-electron chi connectivity index (χ4n) is 1.63. The molecule has 1 heterocycles. The lowest BCUT2D eigenvalue weighted by Gasteiger charge is -2.09. The third kappa shape index (κ3) is 4.03. The molecule has 0 radical (unpaired) electrons. The number of nitrogens with zero attached hydrogens (tertiary/aromatic N) is 2. The van der Waals surface area contributed by atoms with Crippen LogP contribution in [0.25, 0.3) is 11.4 Å². The van der Waals surface area contributed by atoms with Crippen molar-refractivity contribution in [1.82, 2.24) is 10.1 Å². The molecule has 21 heavy (non-hydrogen) atoms. The summed E-state index contributed by atoms with van der Waals surface area (Å²) in [6.45, 7) is 3.27. The molecule has 0 aliphatic rings. The normalized spacial score (nSPS) is 14.1. The highest BCUT2D eigenvalue weighted by Crippen LogP contribution is 2.29. The van der Waals surface area contributed by atoms with Crippen LogP contribution < -0.4 is 0 Å². The van der Waals surface area contributed by atoms with Gasteiger partial charge in [-0.3, -0.25) is 0 Å². The van der Waals surface area contributed by atoms with E-state index in [1.807, 2.05) is 6.92 Å². The predicted octanol–water partition coefficient (Wildman–Crippen LogP) is 2.33. The van der Waals surface area contributed by atoms with Crippen LogP contribution >= 0.6 is 11.8 Å². The molecule has 1 aromatic heterocycles. The molecule has 0 saturated carbocycles. The first-order chi connectivity index (χ1) is 10.0. The zero-order valence-electron chi connectivity index (χ0n) is 11.8. The number of hydrogen-bond acceptors (Lipinski definition) is 6. The van der Waals surface area contributed by atoms with Crippen molar-refractivity contribution in [2.75, 3.05) is 12.4 Å². The lowest BCUT2D eigenvalue weighted by atomic mass is 10.1. The van der Waals surface area contributed by atoms with E-state index in [0.717, 1.165) is 0 Å². The van der Waals surface area contributed by atoms with Gasteiger partial charge < -0.3 is 14.7 Å². The summed E-state index contributed by atoms with van der Waals surface area (Å²) in [5.74, 6) is 0.793. The molecule has 0 saturated heterocycles. The Balaban J connectivity index is 2.08.